The van der Waals surface area contributed by atoms with Crippen LogP contribution in [0, 0.1) is 6.92 Å². The van der Waals surface area contributed by atoms with Gasteiger partial charge in [-0.1, -0.05) is 18.2 Å². The van der Waals surface area contributed by atoms with Gasteiger partial charge in [0.15, 0.2) is 0 Å². The van der Waals surface area contributed by atoms with Crippen LogP contribution in [-0.4, -0.2) is 15.9 Å². The molecule has 4 nitrogen and oxygen atoms in total. The van der Waals surface area contributed by atoms with Crippen LogP contribution in [0.1, 0.15) is 21.5 Å². The lowest BCUT2D eigenvalue weighted by Gasteiger charge is -2.08. The van der Waals surface area contributed by atoms with E-state index in [9.17, 15) is 4.79 Å². The minimum Gasteiger partial charge on any atom is -0.348 e. The normalized spacial score (nSPS) is 10.7. The maximum atomic E-state index is 12.2. The minimum absolute atomic E-state index is 0.0522. The van der Waals surface area contributed by atoms with Crippen LogP contribution < -0.4 is 5.32 Å². The first kappa shape index (κ1) is 12.4. The van der Waals surface area contributed by atoms with Crippen LogP contribution in [0.5, 0.6) is 0 Å². The molecule has 3 aromatic rings. The highest BCUT2D eigenvalue weighted by molar-refractivity contribution is 5.95. The summed E-state index contributed by atoms with van der Waals surface area (Å²) >= 11 is 0. The lowest BCUT2D eigenvalue weighted by Crippen LogP contribution is -2.23. The first-order chi connectivity index (χ1) is 9.75. The number of nitrogens with one attached hydrogen (secondary N) is 2. The van der Waals surface area contributed by atoms with Crippen LogP contribution in [-0.2, 0) is 6.54 Å². The molecular formula is C16H15N3O. The summed E-state index contributed by atoms with van der Waals surface area (Å²) in [5, 5.41) is 4.00. The number of carbonyl (C=O) groups is 1. The number of fused-ring (bicyclic) bond motifs is 1. The Morgan fingerprint density at radius 1 is 1.25 bits per heavy atom. The number of nitrogens with zero attached hydrogens (tertiary/aromatic N) is 1. The van der Waals surface area contributed by atoms with E-state index in [1.54, 1.807) is 6.20 Å². The van der Waals surface area contributed by atoms with Gasteiger partial charge in [-0.15, -0.1) is 0 Å². The van der Waals surface area contributed by atoms with Gasteiger partial charge >= 0.3 is 0 Å². The van der Waals surface area contributed by atoms with Crippen LogP contribution in [0.2, 0.25) is 0 Å². The molecule has 0 radical (unpaired) electrons. The molecule has 1 aromatic carbocycles. The number of hydrogen-bond acceptors (Lipinski definition) is 2. The number of amides is 1. The summed E-state index contributed by atoms with van der Waals surface area (Å²) in [5.74, 6) is -0.0522. The SMILES string of the molecule is Cc1ccccc1C(=O)NCc1ccnc2[nH]ccc12. The Morgan fingerprint density at radius 3 is 2.95 bits per heavy atom. The molecule has 1 amide bonds. The van der Waals surface area contributed by atoms with Crippen LogP contribution in [0.4, 0.5) is 0 Å². The van der Waals surface area contributed by atoms with E-state index >= 15 is 0 Å². The van der Waals surface area contributed by atoms with Crippen LogP contribution in [0.25, 0.3) is 11.0 Å². The second-order valence-electron chi connectivity index (χ2n) is 4.71. The van der Waals surface area contributed by atoms with E-state index in [1.165, 1.54) is 0 Å². The third-order valence-electron chi connectivity index (χ3n) is 3.38. The Balaban J connectivity index is 1.78. The molecule has 0 spiro atoms. The first-order valence-corrected chi connectivity index (χ1v) is 6.50. The molecule has 2 heterocycles. The van der Waals surface area contributed by atoms with E-state index in [1.807, 2.05) is 49.5 Å². The molecule has 2 N–H and O–H groups in total. The predicted molar refractivity (Wildman–Crippen MR) is 78.4 cm³/mol. The van der Waals surface area contributed by atoms with Gasteiger partial charge in [0.25, 0.3) is 5.91 Å². The standard InChI is InChI=1S/C16H15N3O/c1-11-4-2-3-5-13(11)16(20)19-10-12-6-8-17-15-14(12)7-9-18-15/h2-9H,10H2,1H3,(H,17,18)(H,19,20). The van der Waals surface area contributed by atoms with E-state index in [-0.39, 0.29) is 5.91 Å². The van der Waals surface area contributed by atoms with Gasteiger partial charge in [-0.3, -0.25) is 4.79 Å². The second-order valence-corrected chi connectivity index (χ2v) is 4.71. The van der Waals surface area contributed by atoms with Crippen molar-refractivity contribution in [2.75, 3.05) is 0 Å². The average molecular weight is 265 g/mol. The van der Waals surface area contributed by atoms with Crippen molar-refractivity contribution in [2.45, 2.75) is 13.5 Å². The van der Waals surface area contributed by atoms with Gasteiger partial charge in [-0.05, 0) is 36.2 Å². The van der Waals surface area contributed by atoms with Gasteiger partial charge in [0, 0.05) is 29.9 Å². The number of rotatable bonds is 3. The van der Waals surface area contributed by atoms with E-state index in [4.69, 9.17) is 0 Å². The van der Waals surface area contributed by atoms with Crippen molar-refractivity contribution in [3.05, 3.63) is 65.5 Å². The number of hydrogen-bond donors (Lipinski definition) is 2. The van der Waals surface area contributed by atoms with Crippen LogP contribution in [0.15, 0.2) is 48.8 Å². The highest BCUT2D eigenvalue weighted by Crippen LogP contribution is 2.15. The van der Waals surface area contributed by atoms with Crippen molar-refractivity contribution in [2.24, 2.45) is 0 Å². The summed E-state index contributed by atoms with van der Waals surface area (Å²) in [6, 6.07) is 11.5. The van der Waals surface area contributed by atoms with E-state index in [0.717, 1.165) is 22.2 Å². The molecule has 0 fully saturated rings. The van der Waals surface area contributed by atoms with Crippen LogP contribution >= 0.6 is 0 Å². The molecule has 0 aliphatic heterocycles. The Kier molecular flexibility index (Phi) is 3.21. The number of carbonyl (C=O) groups excluding carboxylic acids is 1. The van der Waals surface area contributed by atoms with Gasteiger partial charge in [0.1, 0.15) is 5.65 Å². The summed E-state index contributed by atoms with van der Waals surface area (Å²) < 4.78 is 0. The molecule has 4 heteroatoms. The summed E-state index contributed by atoms with van der Waals surface area (Å²) in [6.07, 6.45) is 3.60. The van der Waals surface area contributed by atoms with Crippen molar-refractivity contribution in [1.82, 2.24) is 15.3 Å². The number of aryl methyl sites for hydroxylation is 1. The zero-order valence-electron chi connectivity index (χ0n) is 11.2. The third kappa shape index (κ3) is 2.28. The minimum atomic E-state index is -0.0522. The zero-order chi connectivity index (χ0) is 13.9. The Bertz CT molecular complexity index is 761. The summed E-state index contributed by atoms with van der Waals surface area (Å²) in [4.78, 5) is 19.5. The highest BCUT2D eigenvalue weighted by Gasteiger charge is 2.09. The summed E-state index contributed by atoms with van der Waals surface area (Å²) in [6.45, 7) is 2.43. The molecule has 0 bridgehead atoms. The second kappa shape index (κ2) is 5.17. The molecule has 0 saturated heterocycles. The van der Waals surface area contributed by atoms with E-state index in [0.29, 0.717) is 12.1 Å². The van der Waals surface area contributed by atoms with E-state index < -0.39 is 0 Å². The van der Waals surface area contributed by atoms with Gasteiger partial charge in [0.2, 0.25) is 0 Å². The summed E-state index contributed by atoms with van der Waals surface area (Å²) in [5.41, 5.74) is 3.59. The number of aromatic amines is 1. The molecule has 0 saturated carbocycles. The van der Waals surface area contributed by atoms with E-state index in [2.05, 4.69) is 15.3 Å². The van der Waals surface area contributed by atoms with Gasteiger partial charge in [0.05, 0.1) is 0 Å². The van der Waals surface area contributed by atoms with Crippen LogP contribution in [0.3, 0.4) is 0 Å². The molecule has 20 heavy (non-hydrogen) atoms. The van der Waals surface area contributed by atoms with Crippen molar-refractivity contribution >= 4 is 16.9 Å². The quantitative estimate of drug-likeness (QED) is 0.765. The fourth-order valence-electron chi connectivity index (χ4n) is 2.27. The van der Waals surface area contributed by atoms with Crippen molar-refractivity contribution in [1.29, 1.82) is 0 Å². The highest BCUT2D eigenvalue weighted by atomic mass is 16.1. The largest absolute Gasteiger partial charge is 0.348 e. The van der Waals surface area contributed by atoms with Gasteiger partial charge in [-0.2, -0.15) is 0 Å². The Morgan fingerprint density at radius 2 is 2.10 bits per heavy atom. The molecule has 3 rings (SSSR count). The van der Waals surface area contributed by atoms with Crippen molar-refractivity contribution in [3.63, 3.8) is 0 Å². The molecule has 0 aliphatic carbocycles. The topological polar surface area (TPSA) is 57.8 Å². The third-order valence-corrected chi connectivity index (χ3v) is 3.38. The maximum absolute atomic E-state index is 12.2. The lowest BCUT2D eigenvalue weighted by atomic mass is 10.1. The monoisotopic (exact) mass is 265 g/mol. The van der Waals surface area contributed by atoms with Crippen molar-refractivity contribution < 1.29 is 4.79 Å². The Labute approximate surface area is 116 Å². The summed E-state index contributed by atoms with van der Waals surface area (Å²) in [7, 11) is 0. The predicted octanol–water partition coefficient (Wildman–Crippen LogP) is 2.80. The van der Waals surface area contributed by atoms with Crippen molar-refractivity contribution in [3.8, 4) is 0 Å². The fraction of sp³-hybridized carbons (Fsp3) is 0.125. The Hall–Kier alpha value is -2.62. The first-order valence-electron chi connectivity index (χ1n) is 6.50. The zero-order valence-corrected chi connectivity index (χ0v) is 11.2. The molecule has 2 aromatic heterocycles. The molecule has 0 unspecified atom stereocenters. The number of H-pyrrole nitrogens is 1. The number of benzene rings is 1. The molecule has 0 aliphatic rings. The number of pyridine rings is 1. The molecular weight excluding hydrogens is 250 g/mol. The van der Waals surface area contributed by atoms with Gasteiger partial charge < -0.3 is 10.3 Å². The number of aromatic nitrogens is 2. The fourth-order valence-corrected chi connectivity index (χ4v) is 2.27. The molecule has 100 valence electrons. The maximum Gasteiger partial charge on any atom is 0.251 e. The molecule has 0 atom stereocenters. The van der Waals surface area contributed by atoms with Gasteiger partial charge in [-0.25, -0.2) is 4.98 Å². The average Bonchev–Trinajstić information content (AvgIpc) is 2.94. The lowest BCUT2D eigenvalue weighted by molar-refractivity contribution is 0.0950. The smallest absolute Gasteiger partial charge is 0.251 e.